The first-order chi connectivity index (χ1) is 15.6. The normalized spacial score (nSPS) is 23.7. The van der Waals surface area contributed by atoms with Crippen LogP contribution in [0.4, 0.5) is 0 Å². The maximum absolute atomic E-state index is 10.5. The summed E-state index contributed by atoms with van der Waals surface area (Å²) in [6.07, 6.45) is 5.95. The number of halogens is 1. The Morgan fingerprint density at radius 1 is 1.16 bits per heavy atom. The van der Waals surface area contributed by atoms with Gasteiger partial charge in [-0.2, -0.15) is 5.48 Å². The Kier molecular flexibility index (Phi) is 6.54. The van der Waals surface area contributed by atoms with Crippen LogP contribution < -0.4 is 5.48 Å². The maximum Gasteiger partial charge on any atom is 0.136 e. The second-order valence-electron chi connectivity index (χ2n) is 9.01. The van der Waals surface area contributed by atoms with E-state index in [9.17, 15) is 5.11 Å². The molecule has 5 nitrogen and oxygen atoms in total. The van der Waals surface area contributed by atoms with E-state index in [1.54, 1.807) is 0 Å². The number of fused-ring (bicyclic) bond motifs is 1. The van der Waals surface area contributed by atoms with Crippen molar-refractivity contribution in [1.29, 1.82) is 0 Å². The van der Waals surface area contributed by atoms with E-state index < -0.39 is 6.10 Å². The van der Waals surface area contributed by atoms with Crippen LogP contribution in [-0.4, -0.2) is 35.0 Å². The van der Waals surface area contributed by atoms with Gasteiger partial charge in [0.2, 0.25) is 0 Å². The predicted molar refractivity (Wildman–Crippen MR) is 127 cm³/mol. The highest BCUT2D eigenvalue weighted by Gasteiger charge is 2.31. The summed E-state index contributed by atoms with van der Waals surface area (Å²) in [5, 5.41) is 12.3. The number of aliphatic hydroxyl groups is 1. The first-order valence-electron chi connectivity index (χ1n) is 11.7. The van der Waals surface area contributed by atoms with E-state index in [4.69, 9.17) is 21.2 Å². The first kappa shape index (κ1) is 21.9. The minimum Gasteiger partial charge on any atom is -0.393 e. The van der Waals surface area contributed by atoms with Crippen molar-refractivity contribution in [3.05, 3.63) is 70.4 Å². The van der Waals surface area contributed by atoms with Crippen molar-refractivity contribution in [1.82, 2.24) is 10.0 Å². The lowest BCUT2D eigenvalue weighted by molar-refractivity contribution is -0.135. The summed E-state index contributed by atoms with van der Waals surface area (Å²) < 4.78 is 8.51. The summed E-state index contributed by atoms with van der Waals surface area (Å²) in [7, 11) is 0. The van der Waals surface area contributed by atoms with Crippen molar-refractivity contribution in [2.24, 2.45) is 0 Å². The summed E-state index contributed by atoms with van der Waals surface area (Å²) in [4.78, 5) is 5.26. The quantitative estimate of drug-likeness (QED) is 0.356. The molecule has 0 bridgehead atoms. The van der Waals surface area contributed by atoms with Gasteiger partial charge in [0.25, 0.3) is 0 Å². The molecule has 6 heteroatoms. The Bertz CT molecular complexity index is 1060. The average Bonchev–Trinajstić information content (AvgIpc) is 3.56. The topological polar surface area (TPSA) is 55.6 Å². The molecule has 0 radical (unpaired) electrons. The number of rotatable bonds is 8. The zero-order chi connectivity index (χ0) is 22.1. The van der Waals surface area contributed by atoms with Crippen LogP contribution >= 0.6 is 11.6 Å². The van der Waals surface area contributed by atoms with E-state index in [1.165, 1.54) is 29.5 Å². The molecule has 1 saturated carbocycles. The van der Waals surface area contributed by atoms with Gasteiger partial charge in [-0.05, 0) is 60.9 Å². The summed E-state index contributed by atoms with van der Waals surface area (Å²) in [6, 6.07) is 15.0. The van der Waals surface area contributed by atoms with Gasteiger partial charge in [0.1, 0.15) is 6.23 Å². The number of aromatic nitrogens is 1. The molecule has 3 aromatic rings. The number of nitrogens with zero attached hydrogens (tertiary/aromatic N) is 1. The van der Waals surface area contributed by atoms with Crippen LogP contribution in [0.3, 0.4) is 0 Å². The average molecular weight is 455 g/mol. The third-order valence-electron chi connectivity index (χ3n) is 6.53. The van der Waals surface area contributed by atoms with Gasteiger partial charge in [0.05, 0.1) is 29.4 Å². The van der Waals surface area contributed by atoms with Crippen LogP contribution in [0.1, 0.15) is 61.4 Å². The SMILES string of the molecule is CCONC[C@@H]1C[C@H](O)C[C@H](n2cc(Cc3ccc(C4CC4)cc3)c3c(Cl)cccc32)O1. The fourth-order valence-corrected chi connectivity index (χ4v) is 5.09. The van der Waals surface area contributed by atoms with Gasteiger partial charge < -0.3 is 19.2 Å². The Hall–Kier alpha value is -1.89. The largest absolute Gasteiger partial charge is 0.393 e. The Morgan fingerprint density at radius 2 is 1.97 bits per heavy atom. The molecule has 1 aliphatic heterocycles. The highest BCUT2D eigenvalue weighted by atomic mass is 35.5. The second kappa shape index (κ2) is 9.54. The van der Waals surface area contributed by atoms with E-state index in [1.807, 2.05) is 19.1 Å². The summed E-state index contributed by atoms with van der Waals surface area (Å²) >= 11 is 6.67. The molecule has 5 rings (SSSR count). The van der Waals surface area contributed by atoms with Gasteiger partial charge in [-0.3, -0.25) is 0 Å². The van der Waals surface area contributed by atoms with Gasteiger partial charge in [-0.1, -0.05) is 41.9 Å². The molecule has 2 fully saturated rings. The van der Waals surface area contributed by atoms with Gasteiger partial charge >= 0.3 is 0 Å². The van der Waals surface area contributed by atoms with Crippen molar-refractivity contribution in [3.63, 3.8) is 0 Å². The molecule has 0 unspecified atom stereocenters. The van der Waals surface area contributed by atoms with Crippen LogP contribution in [0.2, 0.25) is 5.02 Å². The Labute approximate surface area is 194 Å². The molecule has 170 valence electrons. The van der Waals surface area contributed by atoms with Crippen molar-refractivity contribution < 1.29 is 14.7 Å². The van der Waals surface area contributed by atoms with E-state index in [0.717, 1.165) is 28.3 Å². The number of ether oxygens (including phenoxy) is 1. The number of nitrogens with one attached hydrogen (secondary N) is 1. The molecule has 32 heavy (non-hydrogen) atoms. The standard InChI is InChI=1S/C26H31ClN2O3/c1-2-31-28-15-22-13-21(30)14-25(32-22)29-16-20(26-23(27)4-3-5-24(26)29)12-17-6-8-18(9-7-17)19-10-11-19/h3-9,16,19,21-22,25,28,30H,2,10-15H2,1H3/t21-,22-,25+/m0/s1. The molecule has 3 atom stereocenters. The van der Waals surface area contributed by atoms with Crippen molar-refractivity contribution >= 4 is 22.5 Å². The first-order valence-corrected chi connectivity index (χ1v) is 12.0. The molecular formula is C26H31ClN2O3. The number of hydrogen-bond donors (Lipinski definition) is 2. The minimum atomic E-state index is -0.419. The van der Waals surface area contributed by atoms with E-state index in [2.05, 4.69) is 46.6 Å². The van der Waals surface area contributed by atoms with Crippen LogP contribution in [0.25, 0.3) is 10.9 Å². The predicted octanol–water partition coefficient (Wildman–Crippen LogP) is 5.34. The highest BCUT2D eigenvalue weighted by Crippen LogP contribution is 2.40. The van der Waals surface area contributed by atoms with Crippen LogP contribution in [0.5, 0.6) is 0 Å². The molecule has 2 aromatic carbocycles. The molecule has 0 spiro atoms. The lowest BCUT2D eigenvalue weighted by Crippen LogP contribution is -2.39. The van der Waals surface area contributed by atoms with Gasteiger partial charge in [0.15, 0.2) is 0 Å². The molecule has 2 N–H and O–H groups in total. The third kappa shape index (κ3) is 4.73. The van der Waals surface area contributed by atoms with Crippen LogP contribution in [0, 0.1) is 0 Å². The minimum absolute atomic E-state index is 0.120. The maximum atomic E-state index is 10.5. The van der Waals surface area contributed by atoms with Crippen molar-refractivity contribution in [3.8, 4) is 0 Å². The molecule has 0 amide bonds. The van der Waals surface area contributed by atoms with Crippen LogP contribution in [0.15, 0.2) is 48.7 Å². The highest BCUT2D eigenvalue weighted by molar-refractivity contribution is 6.35. The summed E-state index contributed by atoms with van der Waals surface area (Å²) in [5.74, 6) is 0.764. The van der Waals surface area contributed by atoms with E-state index in [0.29, 0.717) is 26.0 Å². The molecular weight excluding hydrogens is 424 g/mol. The van der Waals surface area contributed by atoms with E-state index in [-0.39, 0.29) is 12.3 Å². The fourth-order valence-electron chi connectivity index (χ4n) is 4.79. The van der Waals surface area contributed by atoms with E-state index >= 15 is 0 Å². The van der Waals surface area contributed by atoms with Crippen LogP contribution in [-0.2, 0) is 16.0 Å². The number of hydrogen-bond acceptors (Lipinski definition) is 4. The molecule has 1 aromatic heterocycles. The van der Waals surface area contributed by atoms with Gasteiger partial charge in [0, 0.05) is 31.0 Å². The molecule has 1 aliphatic carbocycles. The molecule has 2 aliphatic rings. The molecule has 1 saturated heterocycles. The summed E-state index contributed by atoms with van der Waals surface area (Å²) in [6.45, 7) is 3.06. The molecule has 2 heterocycles. The lowest BCUT2D eigenvalue weighted by Gasteiger charge is -2.34. The number of benzene rings is 2. The summed E-state index contributed by atoms with van der Waals surface area (Å²) in [5.41, 5.74) is 7.87. The monoisotopic (exact) mass is 454 g/mol. The Balaban J connectivity index is 1.42. The Morgan fingerprint density at radius 3 is 2.72 bits per heavy atom. The lowest BCUT2D eigenvalue weighted by atomic mass is 10.0. The van der Waals surface area contributed by atoms with Crippen molar-refractivity contribution in [2.45, 2.75) is 63.4 Å². The van der Waals surface area contributed by atoms with Gasteiger partial charge in [-0.25, -0.2) is 0 Å². The second-order valence-corrected chi connectivity index (χ2v) is 9.41. The third-order valence-corrected chi connectivity index (χ3v) is 6.85. The van der Waals surface area contributed by atoms with Gasteiger partial charge in [-0.15, -0.1) is 0 Å². The number of hydroxylamine groups is 1. The zero-order valence-corrected chi connectivity index (χ0v) is 19.2. The zero-order valence-electron chi connectivity index (χ0n) is 18.5. The van der Waals surface area contributed by atoms with Crippen molar-refractivity contribution in [2.75, 3.05) is 13.2 Å². The fraction of sp³-hybridized carbons (Fsp3) is 0.462. The smallest absolute Gasteiger partial charge is 0.136 e. The number of aliphatic hydroxyl groups excluding tert-OH is 1.